The summed E-state index contributed by atoms with van der Waals surface area (Å²) in [6.07, 6.45) is 4.35. The van der Waals surface area contributed by atoms with E-state index in [1.54, 1.807) is 36.4 Å². The molecule has 0 radical (unpaired) electrons. The maximum atomic E-state index is 12.7. The molecule has 3 rings (SSSR count). The molecule has 2 N–H and O–H groups in total. The quantitative estimate of drug-likeness (QED) is 0.770. The summed E-state index contributed by atoms with van der Waals surface area (Å²) in [5, 5.41) is 3.35. The monoisotopic (exact) mass is 406 g/mol. The lowest BCUT2D eigenvalue weighted by molar-refractivity contribution is 0.0910. The minimum atomic E-state index is -3.85. The SMILES string of the molecule is C[C@@H]1CCCC[C@@H]1NC(=O)c1cccc(S(=O)(=O)Nc2ccccc2Cl)c1. The molecule has 0 aliphatic heterocycles. The maximum Gasteiger partial charge on any atom is 0.261 e. The fraction of sp³-hybridized carbons (Fsp3) is 0.350. The Morgan fingerprint density at radius 2 is 1.81 bits per heavy atom. The van der Waals surface area contributed by atoms with Crippen LogP contribution in [0.5, 0.6) is 0 Å². The van der Waals surface area contributed by atoms with Gasteiger partial charge in [0.25, 0.3) is 15.9 Å². The van der Waals surface area contributed by atoms with Crippen molar-refractivity contribution >= 4 is 33.2 Å². The van der Waals surface area contributed by atoms with Gasteiger partial charge in [-0.25, -0.2) is 8.42 Å². The van der Waals surface area contributed by atoms with E-state index in [-0.39, 0.29) is 16.8 Å². The molecule has 0 saturated heterocycles. The fourth-order valence-corrected chi connectivity index (χ4v) is 4.70. The second-order valence-electron chi connectivity index (χ2n) is 6.95. The number of benzene rings is 2. The first-order valence-corrected chi connectivity index (χ1v) is 10.9. The molecule has 1 amide bonds. The Hall–Kier alpha value is -2.05. The van der Waals surface area contributed by atoms with E-state index in [0.717, 1.165) is 19.3 Å². The molecule has 1 aliphatic rings. The summed E-state index contributed by atoms with van der Waals surface area (Å²) in [7, 11) is -3.85. The summed E-state index contributed by atoms with van der Waals surface area (Å²) in [5.41, 5.74) is 0.625. The van der Waals surface area contributed by atoms with E-state index in [9.17, 15) is 13.2 Å². The summed E-state index contributed by atoms with van der Waals surface area (Å²) >= 11 is 6.03. The molecule has 27 heavy (non-hydrogen) atoms. The van der Waals surface area contributed by atoms with Crippen LogP contribution in [0.4, 0.5) is 5.69 Å². The van der Waals surface area contributed by atoms with Crippen LogP contribution < -0.4 is 10.0 Å². The molecule has 0 spiro atoms. The number of sulfonamides is 1. The van der Waals surface area contributed by atoms with Crippen LogP contribution in [0.25, 0.3) is 0 Å². The number of rotatable bonds is 5. The van der Waals surface area contributed by atoms with E-state index in [0.29, 0.717) is 22.2 Å². The van der Waals surface area contributed by atoms with Crippen LogP contribution >= 0.6 is 11.6 Å². The molecule has 5 nitrogen and oxygen atoms in total. The van der Waals surface area contributed by atoms with Gasteiger partial charge in [0.15, 0.2) is 0 Å². The summed E-state index contributed by atoms with van der Waals surface area (Å²) in [4.78, 5) is 12.6. The van der Waals surface area contributed by atoms with Gasteiger partial charge in [0, 0.05) is 11.6 Å². The van der Waals surface area contributed by atoms with Gasteiger partial charge in [-0.1, -0.05) is 49.6 Å². The minimum Gasteiger partial charge on any atom is -0.349 e. The Bertz CT molecular complexity index is 930. The van der Waals surface area contributed by atoms with E-state index in [4.69, 9.17) is 11.6 Å². The van der Waals surface area contributed by atoms with E-state index in [1.165, 1.54) is 18.6 Å². The number of hydrogen-bond donors (Lipinski definition) is 2. The van der Waals surface area contributed by atoms with Gasteiger partial charge in [-0.05, 0) is 49.1 Å². The van der Waals surface area contributed by atoms with Gasteiger partial charge >= 0.3 is 0 Å². The predicted octanol–water partition coefficient (Wildman–Crippen LogP) is 4.45. The molecule has 1 aliphatic carbocycles. The van der Waals surface area contributed by atoms with Crippen LogP contribution in [0.15, 0.2) is 53.4 Å². The zero-order chi connectivity index (χ0) is 19.4. The van der Waals surface area contributed by atoms with Gasteiger partial charge in [0.1, 0.15) is 0 Å². The second kappa shape index (κ2) is 8.31. The van der Waals surface area contributed by atoms with E-state index in [2.05, 4.69) is 17.0 Å². The molecule has 2 aromatic carbocycles. The van der Waals surface area contributed by atoms with Gasteiger partial charge in [-0.2, -0.15) is 0 Å². The van der Waals surface area contributed by atoms with Crippen molar-refractivity contribution < 1.29 is 13.2 Å². The third-order valence-corrected chi connectivity index (χ3v) is 6.65. The highest BCUT2D eigenvalue weighted by Gasteiger charge is 2.24. The molecule has 1 fully saturated rings. The Labute approximate surface area is 165 Å². The standard InChI is InChI=1S/C20H23ClN2O3S/c1-14-7-2-4-11-18(14)22-20(24)15-8-6-9-16(13-15)27(25,26)23-19-12-5-3-10-17(19)21/h3,5-6,8-10,12-14,18,23H,2,4,7,11H2,1H3,(H,22,24)/t14-,18+/m1/s1. The largest absolute Gasteiger partial charge is 0.349 e. The van der Waals surface area contributed by atoms with E-state index < -0.39 is 10.0 Å². The summed E-state index contributed by atoms with van der Waals surface area (Å²) < 4.78 is 27.8. The summed E-state index contributed by atoms with van der Waals surface area (Å²) in [5.74, 6) is 0.181. The highest BCUT2D eigenvalue weighted by Crippen LogP contribution is 2.25. The second-order valence-corrected chi connectivity index (χ2v) is 9.04. The van der Waals surface area contributed by atoms with Gasteiger partial charge in [0.05, 0.1) is 15.6 Å². The average molecular weight is 407 g/mol. The van der Waals surface area contributed by atoms with Crippen molar-refractivity contribution in [2.75, 3.05) is 4.72 Å². The third-order valence-electron chi connectivity index (χ3n) is 4.95. The lowest BCUT2D eigenvalue weighted by Gasteiger charge is -2.29. The average Bonchev–Trinajstić information content (AvgIpc) is 2.65. The van der Waals surface area contributed by atoms with Gasteiger partial charge in [-0.3, -0.25) is 9.52 Å². The van der Waals surface area contributed by atoms with E-state index >= 15 is 0 Å². The van der Waals surface area contributed by atoms with Crippen molar-refractivity contribution in [3.8, 4) is 0 Å². The molecule has 2 aromatic rings. The number of amides is 1. The number of carbonyl (C=O) groups is 1. The Kier molecular flexibility index (Phi) is 6.07. The van der Waals surface area contributed by atoms with Crippen LogP contribution in [0.1, 0.15) is 43.0 Å². The zero-order valence-electron chi connectivity index (χ0n) is 15.1. The number of nitrogens with one attached hydrogen (secondary N) is 2. The van der Waals surface area contributed by atoms with Crippen molar-refractivity contribution in [2.45, 2.75) is 43.5 Å². The highest BCUT2D eigenvalue weighted by molar-refractivity contribution is 7.92. The summed E-state index contributed by atoms with van der Waals surface area (Å²) in [6.45, 7) is 2.14. The number of anilines is 1. The van der Waals surface area contributed by atoms with Gasteiger partial charge in [0.2, 0.25) is 0 Å². The molecule has 0 bridgehead atoms. The van der Waals surface area contributed by atoms with Crippen LogP contribution in [0, 0.1) is 5.92 Å². The third kappa shape index (κ3) is 4.82. The Balaban J connectivity index is 1.78. The number of carbonyl (C=O) groups excluding carboxylic acids is 1. The Morgan fingerprint density at radius 3 is 2.56 bits per heavy atom. The molecular weight excluding hydrogens is 384 g/mol. The molecule has 144 valence electrons. The van der Waals surface area contributed by atoms with Crippen LogP contribution in [0.3, 0.4) is 0 Å². The molecule has 7 heteroatoms. The first kappa shape index (κ1) is 19.7. The smallest absolute Gasteiger partial charge is 0.261 e. The molecule has 0 unspecified atom stereocenters. The molecule has 1 saturated carbocycles. The first-order valence-electron chi connectivity index (χ1n) is 9.05. The fourth-order valence-electron chi connectivity index (χ4n) is 3.33. The van der Waals surface area contributed by atoms with Crippen molar-refractivity contribution in [3.63, 3.8) is 0 Å². The Morgan fingerprint density at radius 1 is 1.07 bits per heavy atom. The van der Waals surface area contributed by atoms with Crippen LogP contribution in [-0.2, 0) is 10.0 Å². The molecule has 2 atom stereocenters. The maximum absolute atomic E-state index is 12.7. The highest BCUT2D eigenvalue weighted by atomic mass is 35.5. The van der Waals surface area contributed by atoms with Crippen molar-refractivity contribution in [2.24, 2.45) is 5.92 Å². The normalized spacial score (nSPS) is 20.1. The number of hydrogen-bond acceptors (Lipinski definition) is 3. The number of halogens is 1. The van der Waals surface area contributed by atoms with Crippen molar-refractivity contribution in [1.82, 2.24) is 5.32 Å². The van der Waals surface area contributed by atoms with Gasteiger partial charge in [-0.15, -0.1) is 0 Å². The van der Waals surface area contributed by atoms with E-state index in [1.807, 2.05) is 0 Å². The topological polar surface area (TPSA) is 75.3 Å². The van der Waals surface area contributed by atoms with Crippen LogP contribution in [0.2, 0.25) is 5.02 Å². The lowest BCUT2D eigenvalue weighted by Crippen LogP contribution is -2.41. The summed E-state index contributed by atoms with van der Waals surface area (Å²) in [6, 6.07) is 12.8. The predicted molar refractivity (Wildman–Crippen MR) is 108 cm³/mol. The molecule has 0 heterocycles. The zero-order valence-corrected chi connectivity index (χ0v) is 16.7. The lowest BCUT2D eigenvalue weighted by atomic mass is 9.86. The van der Waals surface area contributed by atoms with Crippen molar-refractivity contribution in [1.29, 1.82) is 0 Å². The minimum absolute atomic E-state index is 0.0202. The van der Waals surface area contributed by atoms with Crippen LogP contribution in [-0.4, -0.2) is 20.4 Å². The molecule has 0 aromatic heterocycles. The van der Waals surface area contributed by atoms with Crippen molar-refractivity contribution in [3.05, 3.63) is 59.1 Å². The number of para-hydroxylation sites is 1. The first-order chi connectivity index (χ1) is 12.9. The van der Waals surface area contributed by atoms with Gasteiger partial charge < -0.3 is 5.32 Å². The molecular formula is C20H23ClN2O3S.